The predicted octanol–water partition coefficient (Wildman–Crippen LogP) is 2.33. The first kappa shape index (κ1) is 5.54. The monoisotopic (exact) mass is 148 g/mol. The van der Waals surface area contributed by atoms with Gasteiger partial charge in [-0.25, -0.2) is 0 Å². The van der Waals surface area contributed by atoms with Crippen LogP contribution in [0.4, 0.5) is 0 Å². The maximum absolute atomic E-state index is 4.08. The molecule has 0 aliphatic rings. The maximum Gasteiger partial charge on any atom is 0.0281 e. The third-order valence-electron chi connectivity index (χ3n) is 0.622. The lowest BCUT2D eigenvalue weighted by Gasteiger charge is -1.77. The Balaban J connectivity index is 3.12. The minimum absolute atomic E-state index is 0.966. The Morgan fingerprint density at radius 3 is 1.71 bits per heavy atom. The molecule has 7 heavy (non-hydrogen) atoms. The van der Waals surface area contributed by atoms with E-state index in [4.69, 9.17) is 0 Å². The summed E-state index contributed by atoms with van der Waals surface area (Å²) in [5.74, 6) is 0. The Bertz CT molecular complexity index is 139. The van der Waals surface area contributed by atoms with Crippen molar-refractivity contribution in [3.05, 3.63) is 10.8 Å². The third-order valence-corrected chi connectivity index (χ3v) is 2.63. The van der Waals surface area contributed by atoms with E-state index in [1.165, 1.54) is 0 Å². The average Bonchev–Trinajstić information content (AvgIpc) is 1.91. The van der Waals surface area contributed by atoms with Crippen molar-refractivity contribution in [3.8, 4) is 0 Å². The molecular formula is C4H4S3. The predicted molar refractivity (Wildman–Crippen MR) is 38.8 cm³/mol. The molecule has 0 aromatic carbocycles. The van der Waals surface area contributed by atoms with Crippen LogP contribution >= 0.6 is 36.6 Å². The molecule has 1 rings (SSSR count). The van der Waals surface area contributed by atoms with Gasteiger partial charge >= 0.3 is 0 Å². The van der Waals surface area contributed by atoms with Crippen molar-refractivity contribution < 1.29 is 0 Å². The van der Waals surface area contributed by atoms with Gasteiger partial charge in [0.05, 0.1) is 0 Å². The van der Waals surface area contributed by atoms with Gasteiger partial charge in [0.15, 0.2) is 0 Å². The number of thiophene rings is 1. The molecule has 0 unspecified atom stereocenters. The highest BCUT2D eigenvalue weighted by atomic mass is 32.1. The number of thiol groups is 2. The van der Waals surface area contributed by atoms with Crippen LogP contribution in [0.5, 0.6) is 0 Å². The fraction of sp³-hybridized carbons (Fsp3) is 0. The van der Waals surface area contributed by atoms with Crippen molar-refractivity contribution in [1.82, 2.24) is 0 Å². The lowest BCUT2D eigenvalue weighted by atomic mass is 10.7. The second kappa shape index (κ2) is 2.11. The van der Waals surface area contributed by atoms with E-state index in [2.05, 4.69) is 25.3 Å². The maximum atomic E-state index is 4.08. The van der Waals surface area contributed by atoms with Crippen LogP contribution in [0.15, 0.2) is 20.6 Å². The number of rotatable bonds is 0. The summed E-state index contributed by atoms with van der Waals surface area (Å²) in [5.41, 5.74) is 0. The summed E-state index contributed by atoms with van der Waals surface area (Å²) in [6.45, 7) is 0. The van der Waals surface area contributed by atoms with Crippen molar-refractivity contribution in [1.29, 1.82) is 0 Å². The first-order valence-electron chi connectivity index (χ1n) is 1.75. The Labute approximate surface area is 57.4 Å². The minimum Gasteiger partial charge on any atom is -0.150 e. The normalized spacial score (nSPS) is 9.43. The molecule has 0 radical (unpaired) electrons. The summed E-state index contributed by atoms with van der Waals surface area (Å²) in [7, 11) is 0. The molecule has 0 spiro atoms. The van der Waals surface area contributed by atoms with Crippen LogP contribution in [-0.2, 0) is 0 Å². The standard InChI is InChI=1S/C4H4S3/c5-3-1-7-2-4(3)6/h1-2,5-6H. The van der Waals surface area contributed by atoms with Crippen LogP contribution in [0, 0.1) is 0 Å². The smallest absolute Gasteiger partial charge is 0.0281 e. The van der Waals surface area contributed by atoms with E-state index in [0.717, 1.165) is 9.79 Å². The van der Waals surface area contributed by atoms with Crippen LogP contribution in [-0.4, -0.2) is 0 Å². The second-order valence-corrected chi connectivity index (χ2v) is 2.85. The zero-order valence-corrected chi connectivity index (χ0v) is 6.06. The molecule has 1 aromatic rings. The Morgan fingerprint density at radius 1 is 1.14 bits per heavy atom. The molecule has 0 saturated carbocycles. The average molecular weight is 148 g/mol. The molecule has 0 aliphatic carbocycles. The number of hydrogen-bond donors (Lipinski definition) is 2. The van der Waals surface area contributed by atoms with Crippen molar-refractivity contribution in [2.24, 2.45) is 0 Å². The van der Waals surface area contributed by atoms with Crippen molar-refractivity contribution >= 4 is 36.6 Å². The van der Waals surface area contributed by atoms with E-state index in [9.17, 15) is 0 Å². The van der Waals surface area contributed by atoms with Gasteiger partial charge in [0, 0.05) is 20.6 Å². The highest BCUT2D eigenvalue weighted by Crippen LogP contribution is 2.21. The summed E-state index contributed by atoms with van der Waals surface area (Å²) in [6, 6.07) is 0. The molecule has 1 heterocycles. The zero-order valence-electron chi connectivity index (χ0n) is 3.46. The molecule has 0 aliphatic heterocycles. The lowest BCUT2D eigenvalue weighted by molar-refractivity contribution is 1.36. The van der Waals surface area contributed by atoms with Gasteiger partial charge in [-0.2, -0.15) is 11.3 Å². The van der Waals surface area contributed by atoms with E-state index in [-0.39, 0.29) is 0 Å². The van der Waals surface area contributed by atoms with Gasteiger partial charge in [-0.05, 0) is 0 Å². The van der Waals surface area contributed by atoms with Gasteiger partial charge < -0.3 is 0 Å². The highest BCUT2D eigenvalue weighted by Gasteiger charge is 1.89. The summed E-state index contributed by atoms with van der Waals surface area (Å²) in [6.07, 6.45) is 0. The van der Waals surface area contributed by atoms with E-state index >= 15 is 0 Å². The van der Waals surface area contributed by atoms with Crippen molar-refractivity contribution in [2.75, 3.05) is 0 Å². The summed E-state index contributed by atoms with van der Waals surface area (Å²) < 4.78 is 0. The quantitative estimate of drug-likeness (QED) is 0.518. The molecule has 0 atom stereocenters. The zero-order chi connectivity index (χ0) is 5.28. The first-order chi connectivity index (χ1) is 3.30. The van der Waals surface area contributed by atoms with Crippen LogP contribution in [0.1, 0.15) is 0 Å². The van der Waals surface area contributed by atoms with Crippen LogP contribution in [0.3, 0.4) is 0 Å². The third kappa shape index (κ3) is 1.15. The number of hydrogen-bond acceptors (Lipinski definition) is 3. The fourth-order valence-corrected chi connectivity index (χ4v) is 1.53. The van der Waals surface area contributed by atoms with Crippen LogP contribution in [0.25, 0.3) is 0 Å². The van der Waals surface area contributed by atoms with Gasteiger partial charge in [-0.15, -0.1) is 25.3 Å². The van der Waals surface area contributed by atoms with Crippen molar-refractivity contribution in [3.63, 3.8) is 0 Å². The van der Waals surface area contributed by atoms with E-state index in [0.29, 0.717) is 0 Å². The molecular weight excluding hydrogens is 144 g/mol. The summed E-state index contributed by atoms with van der Waals surface area (Å²) in [4.78, 5) is 1.93. The largest absolute Gasteiger partial charge is 0.150 e. The molecule has 3 heteroatoms. The SMILES string of the molecule is Sc1cscc1S. The summed E-state index contributed by atoms with van der Waals surface area (Å²) in [5, 5.41) is 3.90. The molecule has 0 saturated heterocycles. The lowest BCUT2D eigenvalue weighted by Crippen LogP contribution is -1.50. The van der Waals surface area contributed by atoms with Gasteiger partial charge in [0.25, 0.3) is 0 Å². The Hall–Kier alpha value is 0.400. The van der Waals surface area contributed by atoms with E-state index < -0.39 is 0 Å². The summed E-state index contributed by atoms with van der Waals surface area (Å²) >= 11 is 9.78. The van der Waals surface area contributed by atoms with E-state index in [1.807, 2.05) is 10.8 Å². The molecule has 0 amide bonds. The molecule has 0 nitrogen and oxygen atoms in total. The van der Waals surface area contributed by atoms with Crippen LogP contribution < -0.4 is 0 Å². The minimum atomic E-state index is 0.966. The highest BCUT2D eigenvalue weighted by molar-refractivity contribution is 7.83. The van der Waals surface area contributed by atoms with Gasteiger partial charge in [0.2, 0.25) is 0 Å². The van der Waals surface area contributed by atoms with Gasteiger partial charge in [-0.1, -0.05) is 0 Å². The molecule has 1 aromatic heterocycles. The Kier molecular flexibility index (Phi) is 1.67. The Morgan fingerprint density at radius 2 is 1.57 bits per heavy atom. The second-order valence-electron chi connectivity index (χ2n) is 1.14. The van der Waals surface area contributed by atoms with E-state index in [1.54, 1.807) is 11.3 Å². The van der Waals surface area contributed by atoms with Gasteiger partial charge in [-0.3, -0.25) is 0 Å². The van der Waals surface area contributed by atoms with Crippen molar-refractivity contribution in [2.45, 2.75) is 9.79 Å². The molecule has 38 valence electrons. The van der Waals surface area contributed by atoms with Crippen LogP contribution in [0.2, 0.25) is 0 Å². The van der Waals surface area contributed by atoms with Gasteiger partial charge in [0.1, 0.15) is 0 Å². The molecule has 0 N–H and O–H groups in total. The molecule has 0 bridgehead atoms. The fourth-order valence-electron chi connectivity index (χ4n) is 0.284. The molecule has 0 fully saturated rings. The topological polar surface area (TPSA) is 0 Å². The first-order valence-corrected chi connectivity index (χ1v) is 3.58.